The van der Waals surface area contributed by atoms with Crippen LogP contribution in [0.25, 0.3) is 11.0 Å². The second kappa shape index (κ2) is 7.15. The monoisotopic (exact) mass is 401 g/mol. The van der Waals surface area contributed by atoms with Crippen LogP contribution in [0.1, 0.15) is 5.29 Å². The molecule has 5 heteroatoms. The van der Waals surface area contributed by atoms with Crippen LogP contribution in [-0.2, 0) is 0 Å². The van der Waals surface area contributed by atoms with E-state index >= 15 is 0 Å². The first-order valence-corrected chi connectivity index (χ1v) is 16.0. The van der Waals surface area contributed by atoms with Gasteiger partial charge >= 0.3 is 0 Å². The molecule has 3 nitrogen and oxygen atoms in total. The molecule has 0 saturated carbocycles. The highest BCUT2D eigenvalue weighted by Crippen LogP contribution is 2.32. The molecule has 0 atom stereocenters. The van der Waals surface area contributed by atoms with E-state index in [9.17, 15) is 0 Å². The van der Waals surface area contributed by atoms with E-state index in [1.807, 2.05) is 6.07 Å². The Morgan fingerprint density at radius 2 is 1.11 bits per heavy atom. The van der Waals surface area contributed by atoms with Crippen LogP contribution >= 0.6 is 0 Å². The molecule has 0 unspecified atom stereocenters. The van der Waals surface area contributed by atoms with Crippen molar-refractivity contribution in [3.8, 4) is 0 Å². The largest absolute Gasteiger partial charge is 0.247 e. The van der Waals surface area contributed by atoms with Gasteiger partial charge in [-0.1, -0.05) is 115 Å². The average Bonchev–Trinajstić information content (AvgIpc) is 3.13. The quantitative estimate of drug-likeness (QED) is 0.467. The lowest BCUT2D eigenvalue weighted by Gasteiger charge is -2.43. The third-order valence-corrected chi connectivity index (χ3v) is 17.2. The summed E-state index contributed by atoms with van der Waals surface area (Å²) in [5.41, 5.74) is 2.11. The summed E-state index contributed by atoms with van der Waals surface area (Å²) in [6.45, 7) is 9.95. The van der Waals surface area contributed by atoms with Crippen LogP contribution in [0.15, 0.2) is 84.9 Å². The molecule has 0 saturated heterocycles. The molecular formula is C23H27N3Si2. The Morgan fingerprint density at radius 1 is 0.643 bits per heavy atom. The normalized spacial score (nSPS) is 12.6. The maximum Gasteiger partial charge on any atom is 0.113 e. The van der Waals surface area contributed by atoms with Crippen LogP contribution < -0.4 is 10.4 Å². The molecule has 4 aromatic rings. The summed E-state index contributed by atoms with van der Waals surface area (Å²) < 4.78 is 2.26. The van der Waals surface area contributed by atoms with Gasteiger partial charge in [-0.15, -0.1) is 5.10 Å². The molecule has 142 valence electrons. The Bertz CT molecular complexity index is 1020. The van der Waals surface area contributed by atoms with Crippen molar-refractivity contribution in [3.63, 3.8) is 0 Å². The van der Waals surface area contributed by atoms with Crippen LogP contribution in [0.5, 0.6) is 0 Å². The zero-order valence-electron chi connectivity index (χ0n) is 17.0. The summed E-state index contributed by atoms with van der Waals surface area (Å²) >= 11 is 0. The van der Waals surface area contributed by atoms with E-state index in [2.05, 4.69) is 115 Å². The highest BCUT2D eigenvalue weighted by Gasteiger charge is 2.48. The number of nitrogens with zero attached hydrogens (tertiary/aromatic N) is 3. The average molecular weight is 402 g/mol. The van der Waals surface area contributed by atoms with Gasteiger partial charge in [-0.3, -0.25) is 0 Å². The number of fused-ring (bicyclic) bond motifs is 1. The third kappa shape index (κ3) is 3.14. The van der Waals surface area contributed by atoms with E-state index in [-0.39, 0.29) is 0 Å². The van der Waals surface area contributed by atoms with Crippen LogP contribution in [0, 0.1) is 0 Å². The molecule has 28 heavy (non-hydrogen) atoms. The third-order valence-electron chi connectivity index (χ3n) is 6.02. The Hall–Kier alpha value is -2.51. The van der Waals surface area contributed by atoms with Crippen molar-refractivity contribution < 1.29 is 0 Å². The Balaban J connectivity index is 1.96. The van der Waals surface area contributed by atoms with E-state index < -0.39 is 16.1 Å². The number of rotatable bonds is 5. The van der Waals surface area contributed by atoms with Gasteiger partial charge in [-0.25, -0.2) is 4.68 Å². The molecule has 4 rings (SSSR count). The molecule has 0 aliphatic rings. The van der Waals surface area contributed by atoms with E-state index in [1.165, 1.54) is 10.4 Å². The fourth-order valence-corrected chi connectivity index (χ4v) is 17.2. The maximum absolute atomic E-state index is 4.72. The first-order valence-electron chi connectivity index (χ1n) is 9.83. The lowest BCUT2D eigenvalue weighted by Crippen LogP contribution is -2.64. The highest BCUT2D eigenvalue weighted by molar-refractivity contribution is 7.07. The molecule has 3 aromatic carbocycles. The molecule has 0 amide bonds. The minimum Gasteiger partial charge on any atom is -0.247 e. The summed E-state index contributed by atoms with van der Waals surface area (Å²) in [4.78, 5) is 0. The van der Waals surface area contributed by atoms with Gasteiger partial charge in [-0.05, 0) is 12.1 Å². The summed E-state index contributed by atoms with van der Waals surface area (Å²) in [5, 5.41) is 12.5. The van der Waals surface area contributed by atoms with Gasteiger partial charge in [0, 0.05) is 5.29 Å². The SMILES string of the molecule is C[Si](C)(c1ccccc1)C(n1nnc2ccccc21)[Si](C)(C)c1ccccc1. The molecule has 0 N–H and O–H groups in total. The fraction of sp³-hybridized carbons (Fsp3) is 0.217. The summed E-state index contributed by atoms with van der Waals surface area (Å²) in [6, 6.07) is 30.4. The van der Waals surface area contributed by atoms with Crippen LogP contribution in [-0.4, -0.2) is 31.1 Å². The second-order valence-electron chi connectivity index (χ2n) is 8.60. The zero-order chi connectivity index (χ0) is 19.8. The van der Waals surface area contributed by atoms with Gasteiger partial charge in [0.05, 0.1) is 5.52 Å². The number of hydrogen-bond donors (Lipinski definition) is 0. The van der Waals surface area contributed by atoms with Gasteiger partial charge in [0.1, 0.15) is 21.7 Å². The number of benzene rings is 3. The van der Waals surface area contributed by atoms with Crippen LogP contribution in [0.2, 0.25) is 26.2 Å². The minimum absolute atomic E-state index is 0.345. The first-order chi connectivity index (χ1) is 13.4. The molecule has 0 radical (unpaired) electrons. The van der Waals surface area contributed by atoms with Gasteiger partial charge in [-0.2, -0.15) is 0 Å². The molecule has 0 fully saturated rings. The lowest BCUT2D eigenvalue weighted by atomic mass is 10.3. The summed E-state index contributed by atoms with van der Waals surface area (Å²) in [7, 11) is -3.85. The van der Waals surface area contributed by atoms with Gasteiger partial charge < -0.3 is 0 Å². The van der Waals surface area contributed by atoms with Crippen molar-refractivity contribution in [2.75, 3.05) is 0 Å². The standard InChI is InChI=1S/C23H27N3Si2/c1-27(2,19-13-7-5-8-14-19)23(28(3,4)20-15-9-6-10-16-20)26-22-18-12-11-17-21(22)24-25-26/h5-18,23H,1-4H3. The maximum atomic E-state index is 4.72. The molecule has 0 aliphatic heterocycles. The number of hydrogen-bond acceptors (Lipinski definition) is 2. The lowest BCUT2D eigenvalue weighted by molar-refractivity contribution is 0.669. The van der Waals surface area contributed by atoms with Crippen molar-refractivity contribution >= 4 is 37.6 Å². The van der Waals surface area contributed by atoms with E-state index in [0.717, 1.165) is 11.0 Å². The van der Waals surface area contributed by atoms with Crippen molar-refractivity contribution in [3.05, 3.63) is 84.9 Å². The summed E-state index contributed by atoms with van der Waals surface area (Å²) in [6.07, 6.45) is 0. The Labute approximate surface area is 169 Å². The van der Waals surface area contributed by atoms with E-state index in [0.29, 0.717) is 5.29 Å². The second-order valence-corrected chi connectivity index (χ2v) is 18.3. The van der Waals surface area contributed by atoms with Crippen LogP contribution in [0.4, 0.5) is 0 Å². The minimum atomic E-state index is -1.93. The first kappa shape index (κ1) is 18.8. The van der Waals surface area contributed by atoms with Crippen molar-refractivity contribution in [2.24, 2.45) is 0 Å². The number of aromatic nitrogens is 3. The van der Waals surface area contributed by atoms with E-state index in [1.54, 1.807) is 0 Å². The van der Waals surface area contributed by atoms with Gasteiger partial charge in [0.2, 0.25) is 0 Å². The van der Waals surface area contributed by atoms with E-state index in [4.69, 9.17) is 5.21 Å². The molecular weight excluding hydrogens is 374 g/mol. The predicted molar refractivity (Wildman–Crippen MR) is 124 cm³/mol. The molecule has 0 spiro atoms. The van der Waals surface area contributed by atoms with Gasteiger partial charge in [0.15, 0.2) is 0 Å². The predicted octanol–water partition coefficient (Wildman–Crippen LogP) is 4.28. The summed E-state index contributed by atoms with van der Waals surface area (Å²) in [5.74, 6) is 0. The highest BCUT2D eigenvalue weighted by atomic mass is 28.4. The molecule has 0 aliphatic carbocycles. The Morgan fingerprint density at radius 3 is 1.64 bits per heavy atom. The van der Waals surface area contributed by atoms with Crippen molar-refractivity contribution in [1.82, 2.24) is 15.0 Å². The van der Waals surface area contributed by atoms with Crippen molar-refractivity contribution in [1.29, 1.82) is 0 Å². The zero-order valence-corrected chi connectivity index (χ0v) is 19.0. The smallest absolute Gasteiger partial charge is 0.113 e. The fourth-order valence-electron chi connectivity index (χ4n) is 4.64. The van der Waals surface area contributed by atoms with Gasteiger partial charge in [0.25, 0.3) is 0 Å². The molecule has 1 aromatic heterocycles. The van der Waals surface area contributed by atoms with Crippen molar-refractivity contribution in [2.45, 2.75) is 31.5 Å². The molecule has 1 heterocycles. The number of para-hydroxylation sites is 1. The topological polar surface area (TPSA) is 30.7 Å². The molecule has 0 bridgehead atoms. The Kier molecular flexibility index (Phi) is 4.81. The van der Waals surface area contributed by atoms with Crippen LogP contribution in [0.3, 0.4) is 0 Å².